The van der Waals surface area contributed by atoms with E-state index in [1.807, 2.05) is 18.2 Å². The lowest BCUT2D eigenvalue weighted by atomic mass is 10.2. The monoisotopic (exact) mass is 376 g/mol. The molecule has 0 radical (unpaired) electrons. The van der Waals surface area contributed by atoms with Crippen molar-refractivity contribution in [3.8, 4) is 11.5 Å². The number of carbonyl (C=O) groups excluding carboxylic acids is 2. The van der Waals surface area contributed by atoms with E-state index in [2.05, 4.69) is 10.9 Å². The van der Waals surface area contributed by atoms with E-state index in [0.29, 0.717) is 35.3 Å². The molecule has 3 rings (SSSR count). The molecule has 26 heavy (non-hydrogen) atoms. The summed E-state index contributed by atoms with van der Waals surface area (Å²) in [5.41, 5.74) is 5.74. The van der Waals surface area contributed by atoms with Crippen molar-refractivity contribution in [1.82, 2.24) is 10.9 Å². The largest absolute Gasteiger partial charge is 0.486 e. The van der Waals surface area contributed by atoms with Crippen molar-refractivity contribution in [2.75, 3.05) is 19.8 Å². The SMILES string of the molecule is O=C(COCc1ccccc1Cl)NNC(=O)c1ccc2c(c1)OCCO2. The van der Waals surface area contributed by atoms with Gasteiger partial charge in [0.1, 0.15) is 19.8 Å². The Bertz CT molecular complexity index is 812. The molecule has 0 saturated heterocycles. The second-order valence-electron chi connectivity index (χ2n) is 5.44. The molecule has 8 heteroatoms. The van der Waals surface area contributed by atoms with Crippen LogP contribution in [0.4, 0.5) is 0 Å². The maximum Gasteiger partial charge on any atom is 0.269 e. The predicted octanol–water partition coefficient (Wildman–Crippen LogP) is 2.09. The highest BCUT2D eigenvalue weighted by Gasteiger charge is 2.15. The molecule has 1 aliphatic heterocycles. The van der Waals surface area contributed by atoms with Gasteiger partial charge in [-0.2, -0.15) is 0 Å². The summed E-state index contributed by atoms with van der Waals surface area (Å²) in [6, 6.07) is 12.0. The van der Waals surface area contributed by atoms with Gasteiger partial charge in [-0.05, 0) is 29.8 Å². The molecule has 1 aliphatic rings. The summed E-state index contributed by atoms with van der Waals surface area (Å²) in [5.74, 6) is 0.132. The number of amides is 2. The van der Waals surface area contributed by atoms with Crippen LogP contribution in [-0.4, -0.2) is 31.6 Å². The number of hydrogen-bond donors (Lipinski definition) is 2. The Labute approximate surface area is 155 Å². The van der Waals surface area contributed by atoms with Gasteiger partial charge in [0.2, 0.25) is 0 Å². The molecule has 0 unspecified atom stereocenters. The Morgan fingerprint density at radius 1 is 1.04 bits per heavy atom. The van der Waals surface area contributed by atoms with E-state index in [1.54, 1.807) is 24.3 Å². The molecule has 2 aromatic carbocycles. The summed E-state index contributed by atoms with van der Waals surface area (Å²) in [6.45, 7) is 0.885. The molecule has 0 bridgehead atoms. The number of rotatable bonds is 5. The minimum absolute atomic E-state index is 0.198. The fourth-order valence-electron chi connectivity index (χ4n) is 2.29. The smallest absolute Gasteiger partial charge is 0.269 e. The normalized spacial score (nSPS) is 12.3. The average molecular weight is 377 g/mol. The van der Waals surface area contributed by atoms with Crippen molar-refractivity contribution in [1.29, 1.82) is 0 Å². The van der Waals surface area contributed by atoms with Gasteiger partial charge in [0, 0.05) is 10.6 Å². The molecule has 0 fully saturated rings. The van der Waals surface area contributed by atoms with Gasteiger partial charge in [0.05, 0.1) is 6.61 Å². The fourth-order valence-corrected chi connectivity index (χ4v) is 2.48. The lowest BCUT2D eigenvalue weighted by Gasteiger charge is -2.18. The topological polar surface area (TPSA) is 85.9 Å². The van der Waals surface area contributed by atoms with Gasteiger partial charge in [-0.15, -0.1) is 0 Å². The van der Waals surface area contributed by atoms with Crippen molar-refractivity contribution in [2.45, 2.75) is 6.61 Å². The molecular weight excluding hydrogens is 360 g/mol. The summed E-state index contributed by atoms with van der Waals surface area (Å²) in [6.07, 6.45) is 0. The zero-order valence-electron chi connectivity index (χ0n) is 13.8. The van der Waals surface area contributed by atoms with Gasteiger partial charge in [-0.25, -0.2) is 0 Å². The molecule has 7 nitrogen and oxygen atoms in total. The number of ether oxygens (including phenoxy) is 3. The van der Waals surface area contributed by atoms with Gasteiger partial charge in [-0.3, -0.25) is 20.4 Å². The van der Waals surface area contributed by atoms with Gasteiger partial charge >= 0.3 is 0 Å². The first-order valence-corrected chi connectivity index (χ1v) is 8.31. The molecule has 136 valence electrons. The van der Waals surface area contributed by atoms with Crippen molar-refractivity contribution >= 4 is 23.4 Å². The van der Waals surface area contributed by atoms with Crippen LogP contribution in [0.15, 0.2) is 42.5 Å². The van der Waals surface area contributed by atoms with Crippen molar-refractivity contribution < 1.29 is 23.8 Å². The van der Waals surface area contributed by atoms with Gasteiger partial charge in [0.15, 0.2) is 11.5 Å². The lowest BCUT2D eigenvalue weighted by Crippen LogP contribution is -2.43. The number of fused-ring (bicyclic) bond motifs is 1. The number of hydrazine groups is 1. The lowest BCUT2D eigenvalue weighted by molar-refractivity contribution is -0.126. The average Bonchev–Trinajstić information content (AvgIpc) is 2.67. The first-order valence-electron chi connectivity index (χ1n) is 7.93. The fraction of sp³-hybridized carbons (Fsp3) is 0.222. The minimum atomic E-state index is -0.483. The number of nitrogens with one attached hydrogen (secondary N) is 2. The van der Waals surface area contributed by atoms with Gasteiger partial charge in [0.25, 0.3) is 11.8 Å². The number of carbonyl (C=O) groups is 2. The predicted molar refractivity (Wildman–Crippen MR) is 94.1 cm³/mol. The second-order valence-corrected chi connectivity index (χ2v) is 5.85. The molecule has 2 N–H and O–H groups in total. The van der Waals surface area contributed by atoms with E-state index in [9.17, 15) is 9.59 Å². The van der Waals surface area contributed by atoms with Crippen LogP contribution in [0.25, 0.3) is 0 Å². The van der Waals surface area contributed by atoms with Crippen LogP contribution in [0.5, 0.6) is 11.5 Å². The van der Waals surface area contributed by atoms with Gasteiger partial charge in [-0.1, -0.05) is 29.8 Å². The molecule has 2 aromatic rings. The molecule has 0 atom stereocenters. The van der Waals surface area contributed by atoms with Crippen molar-refractivity contribution in [2.24, 2.45) is 0 Å². The van der Waals surface area contributed by atoms with E-state index in [0.717, 1.165) is 5.56 Å². The molecule has 0 saturated carbocycles. The summed E-state index contributed by atoms with van der Waals surface area (Å²) in [4.78, 5) is 23.9. The highest BCUT2D eigenvalue weighted by atomic mass is 35.5. The molecule has 1 heterocycles. The Morgan fingerprint density at radius 2 is 1.81 bits per heavy atom. The van der Waals surface area contributed by atoms with Crippen LogP contribution in [0.2, 0.25) is 5.02 Å². The highest BCUT2D eigenvalue weighted by molar-refractivity contribution is 6.31. The highest BCUT2D eigenvalue weighted by Crippen LogP contribution is 2.30. The third-order valence-electron chi connectivity index (χ3n) is 3.57. The second kappa shape index (κ2) is 8.55. The summed E-state index contributed by atoms with van der Waals surface area (Å²) in [5, 5.41) is 0.569. The molecule has 0 aliphatic carbocycles. The third-order valence-corrected chi connectivity index (χ3v) is 3.94. The van der Waals surface area contributed by atoms with E-state index >= 15 is 0 Å². The summed E-state index contributed by atoms with van der Waals surface area (Å²) >= 11 is 6.00. The quantitative estimate of drug-likeness (QED) is 0.780. The maximum atomic E-state index is 12.1. The standard InChI is InChI=1S/C18H17ClN2O5/c19-14-4-2-1-3-13(14)10-24-11-17(22)20-21-18(23)12-5-6-15-16(9-12)26-8-7-25-15/h1-6,9H,7-8,10-11H2,(H,20,22)(H,21,23). The number of halogens is 1. The third kappa shape index (κ3) is 4.65. The molecule has 0 aromatic heterocycles. The van der Waals surface area contributed by atoms with Crippen molar-refractivity contribution in [3.63, 3.8) is 0 Å². The van der Waals surface area contributed by atoms with Crippen LogP contribution in [0.3, 0.4) is 0 Å². The Kier molecular flexibility index (Phi) is 5.93. The Hall–Kier alpha value is -2.77. The van der Waals surface area contributed by atoms with E-state index in [-0.39, 0.29) is 13.2 Å². The van der Waals surface area contributed by atoms with E-state index in [1.165, 1.54) is 0 Å². The molecular formula is C18H17ClN2O5. The van der Waals surface area contributed by atoms with Crippen LogP contribution < -0.4 is 20.3 Å². The number of benzene rings is 2. The number of hydrogen-bond acceptors (Lipinski definition) is 5. The van der Waals surface area contributed by atoms with Crippen LogP contribution in [0.1, 0.15) is 15.9 Å². The van der Waals surface area contributed by atoms with Crippen LogP contribution in [-0.2, 0) is 16.1 Å². The first kappa shape index (κ1) is 18.0. The zero-order valence-corrected chi connectivity index (χ0v) is 14.5. The van der Waals surface area contributed by atoms with Gasteiger partial charge < -0.3 is 14.2 Å². The maximum absolute atomic E-state index is 12.1. The van der Waals surface area contributed by atoms with E-state index < -0.39 is 11.8 Å². The Morgan fingerprint density at radius 3 is 2.62 bits per heavy atom. The molecule has 2 amide bonds. The first-order chi connectivity index (χ1) is 12.6. The summed E-state index contributed by atoms with van der Waals surface area (Å²) in [7, 11) is 0. The Balaban J connectivity index is 1.44. The zero-order chi connectivity index (χ0) is 18.4. The van der Waals surface area contributed by atoms with E-state index in [4.69, 9.17) is 25.8 Å². The van der Waals surface area contributed by atoms with Crippen LogP contribution in [0, 0.1) is 0 Å². The van der Waals surface area contributed by atoms with Crippen LogP contribution >= 0.6 is 11.6 Å². The summed E-state index contributed by atoms with van der Waals surface area (Å²) < 4.78 is 16.1. The minimum Gasteiger partial charge on any atom is -0.486 e. The van der Waals surface area contributed by atoms with Crippen molar-refractivity contribution in [3.05, 3.63) is 58.6 Å². The molecule has 0 spiro atoms.